The van der Waals surface area contributed by atoms with Crippen LogP contribution in [-0.4, -0.2) is 25.4 Å². The van der Waals surface area contributed by atoms with Gasteiger partial charge >= 0.3 is 0 Å². The van der Waals surface area contributed by atoms with E-state index >= 15 is 0 Å². The van der Waals surface area contributed by atoms with Crippen LogP contribution in [-0.2, 0) is 9.59 Å². The van der Waals surface area contributed by atoms with Crippen LogP contribution in [0.1, 0.15) is 27.2 Å². The number of nitrogens with one attached hydrogen (secondary N) is 2. The zero-order valence-electron chi connectivity index (χ0n) is 8.23. The molecule has 4 nitrogen and oxygen atoms in total. The van der Waals surface area contributed by atoms with E-state index in [2.05, 4.69) is 10.6 Å². The van der Waals surface area contributed by atoms with E-state index in [-0.39, 0.29) is 11.8 Å². The van der Waals surface area contributed by atoms with Crippen molar-refractivity contribution in [2.75, 3.05) is 13.6 Å². The maximum atomic E-state index is 10.3. The molecule has 0 aromatic carbocycles. The average Bonchev–Trinajstić information content (AvgIpc) is 2.06. The van der Waals surface area contributed by atoms with E-state index in [0.717, 1.165) is 6.54 Å². The summed E-state index contributed by atoms with van der Waals surface area (Å²) >= 11 is 0. The van der Waals surface area contributed by atoms with E-state index < -0.39 is 0 Å². The summed E-state index contributed by atoms with van der Waals surface area (Å²) in [5.41, 5.74) is 0. The van der Waals surface area contributed by atoms with E-state index in [1.165, 1.54) is 6.92 Å². The highest BCUT2D eigenvalue weighted by Crippen LogP contribution is 1.70. The first-order valence-electron chi connectivity index (χ1n) is 4.03. The lowest BCUT2D eigenvalue weighted by Gasteiger charge is -1.93. The fourth-order valence-electron chi connectivity index (χ4n) is 0.322. The second kappa shape index (κ2) is 9.94. The van der Waals surface area contributed by atoms with Gasteiger partial charge in [-0.3, -0.25) is 9.59 Å². The molecule has 0 aromatic rings. The number of carbonyl (C=O) groups excluding carboxylic acids is 2. The molecule has 0 rings (SSSR count). The molecule has 2 amide bonds. The van der Waals surface area contributed by atoms with Crippen LogP contribution in [0.2, 0.25) is 0 Å². The van der Waals surface area contributed by atoms with Crippen LogP contribution in [0.3, 0.4) is 0 Å². The van der Waals surface area contributed by atoms with Crippen molar-refractivity contribution in [3.05, 3.63) is 0 Å². The molecule has 72 valence electrons. The Morgan fingerprint density at radius 2 is 1.67 bits per heavy atom. The van der Waals surface area contributed by atoms with Gasteiger partial charge < -0.3 is 10.6 Å². The summed E-state index contributed by atoms with van der Waals surface area (Å²) in [6.45, 7) is 5.96. The van der Waals surface area contributed by atoms with Crippen LogP contribution in [0, 0.1) is 0 Å². The van der Waals surface area contributed by atoms with Gasteiger partial charge in [0, 0.05) is 26.9 Å². The van der Waals surface area contributed by atoms with E-state index in [1.54, 1.807) is 7.05 Å². The van der Waals surface area contributed by atoms with Gasteiger partial charge in [0.05, 0.1) is 0 Å². The van der Waals surface area contributed by atoms with Crippen LogP contribution in [0.4, 0.5) is 0 Å². The van der Waals surface area contributed by atoms with Gasteiger partial charge in [0.25, 0.3) is 0 Å². The van der Waals surface area contributed by atoms with Crippen molar-refractivity contribution in [1.82, 2.24) is 10.6 Å². The molecule has 0 saturated heterocycles. The summed E-state index contributed by atoms with van der Waals surface area (Å²) in [5, 5.41) is 5.05. The van der Waals surface area contributed by atoms with Gasteiger partial charge in [-0.05, 0) is 6.92 Å². The van der Waals surface area contributed by atoms with Crippen LogP contribution in [0.5, 0.6) is 0 Å². The Bertz CT molecular complexity index is 135. The largest absolute Gasteiger partial charge is 0.359 e. The molecule has 0 atom stereocenters. The third-order valence-corrected chi connectivity index (χ3v) is 1.05. The minimum Gasteiger partial charge on any atom is -0.359 e. The van der Waals surface area contributed by atoms with Crippen LogP contribution in [0.25, 0.3) is 0 Å². The Kier molecular flexibility index (Phi) is 11.2. The maximum absolute atomic E-state index is 10.3. The van der Waals surface area contributed by atoms with E-state index in [4.69, 9.17) is 0 Å². The quantitative estimate of drug-likeness (QED) is 0.632. The Morgan fingerprint density at radius 1 is 1.25 bits per heavy atom. The maximum Gasteiger partial charge on any atom is 0.219 e. The summed E-state index contributed by atoms with van der Waals surface area (Å²) in [4.78, 5) is 20.0. The summed E-state index contributed by atoms with van der Waals surface area (Å²) < 4.78 is 0. The van der Waals surface area contributed by atoms with Gasteiger partial charge in [0.1, 0.15) is 0 Å². The minimum absolute atomic E-state index is 0.00463. The molecule has 0 aromatic heterocycles. The highest BCUT2D eigenvalue weighted by Gasteiger charge is 1.88. The number of hydrogen-bond acceptors (Lipinski definition) is 2. The molecule has 0 bridgehead atoms. The molecule has 0 fully saturated rings. The summed E-state index contributed by atoms with van der Waals surface area (Å²) in [5.74, 6) is 0.132. The third-order valence-electron chi connectivity index (χ3n) is 1.05. The molecular formula is C8H18N2O2. The summed E-state index contributed by atoms with van der Waals surface area (Å²) in [7, 11) is 1.60. The van der Waals surface area contributed by atoms with Gasteiger partial charge in [-0.2, -0.15) is 0 Å². The Morgan fingerprint density at radius 3 is 1.75 bits per heavy atom. The lowest BCUT2D eigenvalue weighted by molar-refractivity contribution is -0.120. The Labute approximate surface area is 73.7 Å². The third kappa shape index (κ3) is 16.0. The predicted molar refractivity (Wildman–Crippen MR) is 48.7 cm³/mol. The molecule has 4 heteroatoms. The van der Waals surface area contributed by atoms with Gasteiger partial charge in [-0.25, -0.2) is 0 Å². The predicted octanol–water partition coefficient (Wildman–Crippen LogP) is 0.285. The van der Waals surface area contributed by atoms with Crippen molar-refractivity contribution >= 4 is 11.8 Å². The Hall–Kier alpha value is -1.06. The van der Waals surface area contributed by atoms with Gasteiger partial charge in [0.15, 0.2) is 0 Å². The monoisotopic (exact) mass is 174 g/mol. The molecule has 0 radical (unpaired) electrons. The van der Waals surface area contributed by atoms with Gasteiger partial charge in [0.2, 0.25) is 11.8 Å². The normalized spacial score (nSPS) is 7.67. The lowest BCUT2D eigenvalue weighted by Crippen LogP contribution is -2.20. The first-order chi connectivity index (χ1) is 5.58. The molecule has 0 saturated carbocycles. The molecule has 0 aliphatic rings. The van der Waals surface area contributed by atoms with E-state index in [0.29, 0.717) is 6.42 Å². The number of carbonyl (C=O) groups is 2. The topological polar surface area (TPSA) is 58.2 Å². The van der Waals surface area contributed by atoms with Crippen molar-refractivity contribution in [3.63, 3.8) is 0 Å². The molecule has 2 N–H and O–H groups in total. The van der Waals surface area contributed by atoms with Crippen LogP contribution >= 0.6 is 0 Å². The number of hydrogen-bond donors (Lipinski definition) is 2. The Balaban J connectivity index is 0. The fourth-order valence-corrected chi connectivity index (χ4v) is 0.322. The van der Waals surface area contributed by atoms with Crippen molar-refractivity contribution in [3.8, 4) is 0 Å². The molecular weight excluding hydrogens is 156 g/mol. The molecule has 0 unspecified atom stereocenters. The zero-order valence-corrected chi connectivity index (χ0v) is 8.23. The van der Waals surface area contributed by atoms with Crippen LogP contribution < -0.4 is 10.6 Å². The number of rotatable bonds is 2. The zero-order chi connectivity index (χ0) is 9.98. The molecule has 0 spiro atoms. The molecule has 0 aliphatic heterocycles. The molecule has 0 aliphatic carbocycles. The van der Waals surface area contributed by atoms with Crippen molar-refractivity contribution in [2.24, 2.45) is 0 Å². The highest BCUT2D eigenvalue weighted by molar-refractivity contribution is 5.75. The molecule has 0 heterocycles. The standard InChI is InChI=1S/C5H11NO.C3H7NO/c1-3-5(7)6-4-2;1-3(5)4-2/h3-4H2,1-2H3,(H,6,7);1-2H3,(H,4,5). The van der Waals surface area contributed by atoms with Crippen LogP contribution in [0.15, 0.2) is 0 Å². The lowest BCUT2D eigenvalue weighted by atomic mass is 10.4. The van der Waals surface area contributed by atoms with Crippen molar-refractivity contribution in [2.45, 2.75) is 27.2 Å². The summed E-state index contributed by atoms with van der Waals surface area (Å²) in [6.07, 6.45) is 0.591. The fraction of sp³-hybridized carbons (Fsp3) is 0.750. The first-order valence-corrected chi connectivity index (χ1v) is 4.03. The number of amides is 2. The smallest absolute Gasteiger partial charge is 0.219 e. The minimum atomic E-state index is 0.00463. The van der Waals surface area contributed by atoms with Crippen molar-refractivity contribution < 1.29 is 9.59 Å². The average molecular weight is 174 g/mol. The summed E-state index contributed by atoms with van der Waals surface area (Å²) in [6, 6.07) is 0. The second-order valence-corrected chi connectivity index (χ2v) is 2.11. The SMILES string of the molecule is CCNC(=O)CC.CNC(C)=O. The van der Waals surface area contributed by atoms with E-state index in [1.807, 2.05) is 13.8 Å². The van der Waals surface area contributed by atoms with E-state index in [9.17, 15) is 9.59 Å². The molecule has 12 heavy (non-hydrogen) atoms. The first kappa shape index (κ1) is 13.5. The highest BCUT2D eigenvalue weighted by atomic mass is 16.2. The van der Waals surface area contributed by atoms with Crippen molar-refractivity contribution in [1.29, 1.82) is 0 Å². The second-order valence-electron chi connectivity index (χ2n) is 2.11. The van der Waals surface area contributed by atoms with Gasteiger partial charge in [-0.1, -0.05) is 6.92 Å². The van der Waals surface area contributed by atoms with Gasteiger partial charge in [-0.15, -0.1) is 0 Å².